The molecule has 3 amide bonds. The molecule has 1 N–H and O–H groups in total. The molecule has 0 bridgehead atoms. The second-order valence-electron chi connectivity index (χ2n) is 8.75. The van der Waals surface area contributed by atoms with E-state index >= 15 is 0 Å². The van der Waals surface area contributed by atoms with E-state index in [0.717, 1.165) is 0 Å². The molecule has 2 aromatic rings. The van der Waals surface area contributed by atoms with Crippen molar-refractivity contribution in [3.8, 4) is 5.75 Å². The first-order valence-electron chi connectivity index (χ1n) is 11.5. The highest BCUT2D eigenvalue weighted by molar-refractivity contribution is 7.90. The molecule has 0 aliphatic carbocycles. The van der Waals surface area contributed by atoms with Crippen LogP contribution in [0.3, 0.4) is 0 Å². The molecule has 188 valence electrons. The number of nitrogens with zero attached hydrogens (tertiary/aromatic N) is 2. The van der Waals surface area contributed by atoms with Gasteiger partial charge in [-0.25, -0.2) is 12.7 Å². The van der Waals surface area contributed by atoms with Crippen molar-refractivity contribution in [3.05, 3.63) is 59.7 Å². The number of amides is 3. The summed E-state index contributed by atoms with van der Waals surface area (Å²) in [5, 5.41) is 2.85. The van der Waals surface area contributed by atoms with Gasteiger partial charge in [0.15, 0.2) is 0 Å². The first kappa shape index (κ1) is 26.2. The molecule has 0 radical (unpaired) electrons. The number of fused-ring (bicyclic) bond motifs is 1. The van der Waals surface area contributed by atoms with Crippen LogP contribution < -0.4 is 10.1 Å². The van der Waals surface area contributed by atoms with Crippen LogP contribution in [0, 0.1) is 5.92 Å². The van der Waals surface area contributed by atoms with Gasteiger partial charge in [-0.1, -0.05) is 45.0 Å². The highest BCUT2D eigenvalue weighted by Crippen LogP contribution is 2.30. The first-order valence-corrected chi connectivity index (χ1v) is 12.9. The molecule has 1 aliphatic rings. The lowest BCUT2D eigenvalue weighted by atomic mass is 10.1. The van der Waals surface area contributed by atoms with Crippen LogP contribution >= 0.6 is 0 Å². The molecule has 0 fully saturated rings. The molecule has 0 saturated carbocycles. The van der Waals surface area contributed by atoms with E-state index in [1.54, 1.807) is 37.3 Å². The van der Waals surface area contributed by atoms with Gasteiger partial charge in [0.2, 0.25) is 11.8 Å². The maximum atomic E-state index is 13.5. The van der Waals surface area contributed by atoms with E-state index in [2.05, 4.69) is 5.32 Å². The van der Waals surface area contributed by atoms with Crippen LogP contribution in [0.4, 0.5) is 0 Å². The average Bonchev–Trinajstić information content (AvgIpc) is 3.03. The molecule has 1 atom stereocenters. The molecule has 0 saturated heterocycles. The third kappa shape index (κ3) is 5.64. The minimum Gasteiger partial charge on any atom is -0.497 e. The summed E-state index contributed by atoms with van der Waals surface area (Å²) in [5.74, 6) is -0.946. The van der Waals surface area contributed by atoms with Gasteiger partial charge in [0.25, 0.3) is 15.9 Å². The summed E-state index contributed by atoms with van der Waals surface area (Å²) < 4.78 is 31.8. The zero-order valence-corrected chi connectivity index (χ0v) is 21.2. The largest absolute Gasteiger partial charge is 0.497 e. The summed E-state index contributed by atoms with van der Waals surface area (Å²) in [6.07, 6.45) is 0.306. The molecule has 1 aliphatic heterocycles. The van der Waals surface area contributed by atoms with E-state index in [0.29, 0.717) is 28.6 Å². The second-order valence-corrected chi connectivity index (χ2v) is 10.6. The van der Waals surface area contributed by atoms with Gasteiger partial charge in [-0.05, 0) is 42.2 Å². The van der Waals surface area contributed by atoms with Crippen LogP contribution in [0.2, 0.25) is 0 Å². The standard InChI is InChI=1S/C25H31N3O6S/c1-5-21(24(30)26-14-17(2)3)27(15-18-9-8-10-19(13-18)34-4)23(29)16-28-25(31)20-11-6-7-12-22(20)35(28,32)33/h6-13,17,21H,5,14-16H2,1-4H3,(H,26,30)/t21-/m1/s1. The van der Waals surface area contributed by atoms with E-state index in [4.69, 9.17) is 4.74 Å². The quantitative estimate of drug-likeness (QED) is 0.535. The van der Waals surface area contributed by atoms with Gasteiger partial charge in [0, 0.05) is 13.1 Å². The van der Waals surface area contributed by atoms with Crippen LogP contribution in [0.15, 0.2) is 53.4 Å². The number of ether oxygens (including phenoxy) is 1. The van der Waals surface area contributed by atoms with E-state index in [9.17, 15) is 22.8 Å². The summed E-state index contributed by atoms with van der Waals surface area (Å²) in [4.78, 5) is 40.6. The van der Waals surface area contributed by atoms with Crippen molar-refractivity contribution in [2.75, 3.05) is 20.2 Å². The first-order chi connectivity index (χ1) is 16.6. The van der Waals surface area contributed by atoms with Gasteiger partial charge in [-0.15, -0.1) is 0 Å². The van der Waals surface area contributed by atoms with Crippen molar-refractivity contribution in [2.45, 2.75) is 44.7 Å². The summed E-state index contributed by atoms with van der Waals surface area (Å²) >= 11 is 0. The topological polar surface area (TPSA) is 113 Å². The number of nitrogens with one attached hydrogen (secondary N) is 1. The molecule has 0 unspecified atom stereocenters. The average molecular weight is 502 g/mol. The number of benzene rings is 2. The van der Waals surface area contributed by atoms with Crippen LogP contribution in [0.5, 0.6) is 5.75 Å². The number of methoxy groups -OCH3 is 1. The van der Waals surface area contributed by atoms with Crippen molar-refractivity contribution >= 4 is 27.7 Å². The maximum absolute atomic E-state index is 13.5. The van der Waals surface area contributed by atoms with Crippen molar-refractivity contribution in [2.24, 2.45) is 5.92 Å². The number of carbonyl (C=O) groups excluding carboxylic acids is 3. The predicted octanol–water partition coefficient (Wildman–Crippen LogP) is 2.42. The smallest absolute Gasteiger partial charge is 0.269 e. The van der Waals surface area contributed by atoms with Crippen LogP contribution in [0.25, 0.3) is 0 Å². The fourth-order valence-corrected chi connectivity index (χ4v) is 5.43. The normalized spacial score (nSPS) is 15.0. The van der Waals surface area contributed by atoms with Gasteiger partial charge in [-0.3, -0.25) is 14.4 Å². The third-order valence-corrected chi connectivity index (χ3v) is 7.54. The Kier molecular flexibility index (Phi) is 8.16. The minimum absolute atomic E-state index is 0.0290. The lowest BCUT2D eigenvalue weighted by molar-refractivity contribution is -0.141. The highest BCUT2D eigenvalue weighted by Gasteiger charge is 2.43. The molecule has 0 aromatic heterocycles. The Labute approximate surface area is 206 Å². The molecule has 35 heavy (non-hydrogen) atoms. The zero-order chi connectivity index (χ0) is 25.8. The summed E-state index contributed by atoms with van der Waals surface area (Å²) in [7, 11) is -2.64. The Morgan fingerprint density at radius 2 is 1.83 bits per heavy atom. The van der Waals surface area contributed by atoms with E-state index in [1.165, 1.54) is 30.2 Å². The van der Waals surface area contributed by atoms with Crippen molar-refractivity contribution < 1.29 is 27.5 Å². The van der Waals surface area contributed by atoms with Crippen molar-refractivity contribution in [1.29, 1.82) is 0 Å². The van der Waals surface area contributed by atoms with Gasteiger partial charge < -0.3 is 15.0 Å². The lowest BCUT2D eigenvalue weighted by Gasteiger charge is -2.32. The molecule has 9 nitrogen and oxygen atoms in total. The van der Waals surface area contributed by atoms with Crippen LogP contribution in [-0.2, 0) is 26.2 Å². The summed E-state index contributed by atoms with van der Waals surface area (Å²) in [5.41, 5.74) is 0.730. The Balaban J connectivity index is 1.92. The minimum atomic E-state index is -4.17. The van der Waals surface area contributed by atoms with Crippen LogP contribution in [0.1, 0.15) is 43.1 Å². The molecule has 3 rings (SSSR count). The molecule has 2 aromatic carbocycles. The van der Waals surface area contributed by atoms with E-state index in [1.807, 2.05) is 13.8 Å². The number of sulfonamides is 1. The number of hydrogen-bond donors (Lipinski definition) is 1. The molecule has 0 spiro atoms. The third-order valence-electron chi connectivity index (χ3n) is 5.75. The highest BCUT2D eigenvalue weighted by atomic mass is 32.2. The molecular weight excluding hydrogens is 470 g/mol. The van der Waals surface area contributed by atoms with E-state index in [-0.39, 0.29) is 28.8 Å². The van der Waals surface area contributed by atoms with Crippen molar-refractivity contribution in [3.63, 3.8) is 0 Å². The number of carbonyl (C=O) groups is 3. The number of rotatable bonds is 10. The Morgan fingerprint density at radius 1 is 1.11 bits per heavy atom. The summed E-state index contributed by atoms with van der Waals surface area (Å²) in [6.45, 7) is 5.47. The van der Waals surface area contributed by atoms with E-state index < -0.39 is 34.4 Å². The predicted molar refractivity (Wildman–Crippen MR) is 130 cm³/mol. The summed E-state index contributed by atoms with van der Waals surface area (Å²) in [6, 6.07) is 12.1. The molecular formula is C25H31N3O6S. The zero-order valence-electron chi connectivity index (χ0n) is 20.4. The monoisotopic (exact) mass is 501 g/mol. The number of hydrogen-bond acceptors (Lipinski definition) is 6. The van der Waals surface area contributed by atoms with Gasteiger partial charge in [0.1, 0.15) is 23.2 Å². The fraction of sp³-hybridized carbons (Fsp3) is 0.400. The lowest BCUT2D eigenvalue weighted by Crippen LogP contribution is -2.52. The van der Waals surface area contributed by atoms with Gasteiger partial charge in [-0.2, -0.15) is 0 Å². The van der Waals surface area contributed by atoms with Gasteiger partial charge >= 0.3 is 0 Å². The van der Waals surface area contributed by atoms with Gasteiger partial charge in [0.05, 0.1) is 12.7 Å². The SMILES string of the molecule is CC[C@H](C(=O)NCC(C)C)N(Cc1cccc(OC)c1)C(=O)CN1C(=O)c2ccccc2S1(=O)=O. The molecule has 1 heterocycles. The van der Waals surface area contributed by atoms with Crippen molar-refractivity contribution in [1.82, 2.24) is 14.5 Å². The Morgan fingerprint density at radius 3 is 2.46 bits per heavy atom. The second kappa shape index (κ2) is 10.9. The fourth-order valence-electron chi connectivity index (χ4n) is 3.91. The Hall–Kier alpha value is -3.40. The van der Waals surface area contributed by atoms with Crippen LogP contribution in [-0.4, -0.2) is 61.6 Å². The Bertz CT molecular complexity index is 1210. The maximum Gasteiger partial charge on any atom is 0.269 e. The molecule has 10 heteroatoms.